The van der Waals surface area contributed by atoms with Gasteiger partial charge in [0.25, 0.3) is 11.8 Å². The minimum Gasteiger partial charge on any atom is -0.406 e. The number of carbonyl (C=O) groups excluding carboxylic acids is 2. The molecule has 0 saturated carbocycles. The monoisotopic (exact) mass is 555 g/mol. The smallest absolute Gasteiger partial charge is 0.406 e. The van der Waals surface area contributed by atoms with E-state index in [0.717, 1.165) is 12.1 Å². The average molecular weight is 556 g/mol. The third-order valence-corrected chi connectivity index (χ3v) is 5.32. The number of aromatic nitrogens is 5. The second kappa shape index (κ2) is 10.4. The summed E-state index contributed by atoms with van der Waals surface area (Å²) in [7, 11) is 1.65. The molecule has 14 heteroatoms. The van der Waals surface area contributed by atoms with E-state index in [4.69, 9.17) is 0 Å². The maximum absolute atomic E-state index is 12.7. The lowest BCUT2D eigenvalue weighted by atomic mass is 10.2. The highest BCUT2D eigenvalue weighted by atomic mass is 79.9. The van der Waals surface area contributed by atoms with Crippen molar-refractivity contribution in [2.24, 2.45) is 0 Å². The van der Waals surface area contributed by atoms with Crippen molar-refractivity contribution in [3.05, 3.63) is 58.5 Å². The molecular weight excluding hydrogens is 535 g/mol. The van der Waals surface area contributed by atoms with Crippen molar-refractivity contribution in [3.8, 4) is 11.6 Å². The van der Waals surface area contributed by atoms with E-state index >= 15 is 0 Å². The molecule has 35 heavy (non-hydrogen) atoms. The second-order valence-corrected chi connectivity index (χ2v) is 8.64. The molecule has 2 amide bonds. The van der Waals surface area contributed by atoms with E-state index in [2.05, 4.69) is 46.0 Å². The first-order valence-electron chi connectivity index (χ1n) is 10.2. The van der Waals surface area contributed by atoms with Gasteiger partial charge in [-0.05, 0) is 39.0 Å². The van der Waals surface area contributed by atoms with Crippen molar-refractivity contribution >= 4 is 27.7 Å². The summed E-state index contributed by atoms with van der Waals surface area (Å²) < 4.78 is 43.2. The van der Waals surface area contributed by atoms with Crippen LogP contribution in [0, 0.1) is 0 Å². The molecule has 1 aromatic carbocycles. The van der Waals surface area contributed by atoms with Crippen LogP contribution in [0.3, 0.4) is 0 Å². The van der Waals surface area contributed by atoms with Crippen LogP contribution in [0.2, 0.25) is 0 Å². The molecule has 1 N–H and O–H groups in total. The van der Waals surface area contributed by atoms with Gasteiger partial charge in [0.2, 0.25) is 0 Å². The Labute approximate surface area is 206 Å². The van der Waals surface area contributed by atoms with Gasteiger partial charge in [-0.1, -0.05) is 15.9 Å². The van der Waals surface area contributed by atoms with E-state index < -0.39 is 24.1 Å². The van der Waals surface area contributed by atoms with Gasteiger partial charge in [-0.2, -0.15) is 9.78 Å². The first-order chi connectivity index (χ1) is 16.4. The number of nitrogens with one attached hydrogen (secondary N) is 1. The molecule has 2 aromatic heterocycles. The summed E-state index contributed by atoms with van der Waals surface area (Å²) in [4.78, 5) is 39.2. The van der Waals surface area contributed by atoms with E-state index in [1.54, 1.807) is 14.0 Å². The van der Waals surface area contributed by atoms with E-state index in [9.17, 15) is 22.8 Å². The first-order valence-corrected chi connectivity index (χ1v) is 11.0. The number of halogens is 4. The summed E-state index contributed by atoms with van der Waals surface area (Å²) in [5.41, 5.74) is 0.0823. The molecule has 0 radical (unpaired) electrons. The standard InChI is InChI=1S/C21H21BrF3N7O3/c1-11(2)31(4)20(34)16-8-17(27-9-26-16)32-18(28-10-29-32)12(3)30-19(33)13-5-14(22)7-15(6-13)35-21(23,24)25/h5-12H,1-4H3,(H,30,33)/t12-/m0/s1. The fourth-order valence-corrected chi connectivity index (χ4v) is 3.42. The third-order valence-electron chi connectivity index (χ3n) is 4.86. The molecule has 0 bridgehead atoms. The number of amides is 2. The number of hydrogen-bond donors (Lipinski definition) is 1. The van der Waals surface area contributed by atoms with Crippen molar-refractivity contribution in [1.29, 1.82) is 0 Å². The molecule has 10 nitrogen and oxygen atoms in total. The zero-order chi connectivity index (χ0) is 25.9. The fraction of sp³-hybridized carbons (Fsp3) is 0.333. The van der Waals surface area contributed by atoms with Gasteiger partial charge < -0.3 is 15.0 Å². The zero-order valence-corrected chi connectivity index (χ0v) is 20.6. The lowest BCUT2D eigenvalue weighted by Gasteiger charge is -2.21. The summed E-state index contributed by atoms with van der Waals surface area (Å²) in [6.45, 7) is 5.34. The Kier molecular flexibility index (Phi) is 7.73. The molecule has 0 fully saturated rings. The second-order valence-electron chi connectivity index (χ2n) is 7.72. The van der Waals surface area contributed by atoms with E-state index in [1.165, 1.54) is 34.4 Å². The van der Waals surface area contributed by atoms with Crippen LogP contribution in [0.15, 0.2) is 41.4 Å². The molecule has 0 aliphatic rings. The molecule has 0 aliphatic carbocycles. The summed E-state index contributed by atoms with van der Waals surface area (Å²) in [6, 6.07) is 4.08. The summed E-state index contributed by atoms with van der Waals surface area (Å²) in [5.74, 6) is -1.00. The molecule has 0 saturated heterocycles. The van der Waals surface area contributed by atoms with Crippen molar-refractivity contribution in [2.75, 3.05) is 7.05 Å². The highest BCUT2D eigenvalue weighted by molar-refractivity contribution is 9.10. The summed E-state index contributed by atoms with van der Waals surface area (Å²) in [6.07, 6.45) is -2.44. The lowest BCUT2D eigenvalue weighted by Crippen LogP contribution is -2.33. The highest BCUT2D eigenvalue weighted by Crippen LogP contribution is 2.27. The SMILES string of the molecule is CC(C)N(C)C(=O)c1cc(-n2ncnc2[C@H](C)NC(=O)c2cc(Br)cc(OC(F)(F)F)c2)ncn1. The number of ether oxygens (including phenoxy) is 1. The normalized spacial score (nSPS) is 12.4. The van der Waals surface area contributed by atoms with Gasteiger partial charge in [0.15, 0.2) is 11.6 Å². The van der Waals surface area contributed by atoms with Crippen LogP contribution >= 0.6 is 15.9 Å². The molecule has 0 aliphatic heterocycles. The Morgan fingerprint density at radius 1 is 1.09 bits per heavy atom. The minimum absolute atomic E-state index is 0.0434. The molecule has 2 heterocycles. The third kappa shape index (κ3) is 6.53. The summed E-state index contributed by atoms with van der Waals surface area (Å²) >= 11 is 3.07. The molecule has 1 atom stereocenters. The van der Waals surface area contributed by atoms with Gasteiger partial charge in [-0.25, -0.2) is 15.0 Å². The zero-order valence-electron chi connectivity index (χ0n) is 19.0. The molecule has 186 valence electrons. The van der Waals surface area contributed by atoms with Crippen molar-refractivity contribution in [3.63, 3.8) is 0 Å². The topological polar surface area (TPSA) is 115 Å². The Morgan fingerprint density at radius 3 is 2.46 bits per heavy atom. The Balaban J connectivity index is 1.83. The summed E-state index contributed by atoms with van der Waals surface area (Å²) in [5, 5.41) is 6.78. The number of carbonyl (C=O) groups is 2. The lowest BCUT2D eigenvalue weighted by molar-refractivity contribution is -0.274. The van der Waals surface area contributed by atoms with Gasteiger partial charge in [0.05, 0.1) is 6.04 Å². The van der Waals surface area contributed by atoms with Gasteiger partial charge in [-0.3, -0.25) is 9.59 Å². The predicted molar refractivity (Wildman–Crippen MR) is 121 cm³/mol. The van der Waals surface area contributed by atoms with Crippen molar-refractivity contribution < 1.29 is 27.5 Å². The van der Waals surface area contributed by atoms with E-state index in [-0.39, 0.29) is 39.3 Å². The fourth-order valence-electron chi connectivity index (χ4n) is 2.95. The van der Waals surface area contributed by atoms with Crippen molar-refractivity contribution in [1.82, 2.24) is 34.9 Å². The van der Waals surface area contributed by atoms with Crippen LogP contribution < -0.4 is 10.1 Å². The number of nitrogens with zero attached hydrogens (tertiary/aromatic N) is 6. The van der Waals surface area contributed by atoms with Crippen LogP contribution in [0.5, 0.6) is 5.75 Å². The Hall–Kier alpha value is -3.55. The van der Waals surface area contributed by atoms with Crippen molar-refractivity contribution in [2.45, 2.75) is 39.2 Å². The Bertz CT molecular complexity index is 1230. The average Bonchev–Trinajstić information content (AvgIpc) is 3.26. The molecular formula is C21H21BrF3N7O3. The number of alkyl halides is 3. The molecule has 0 spiro atoms. The number of benzene rings is 1. The maximum atomic E-state index is 12.7. The minimum atomic E-state index is -4.90. The molecule has 3 rings (SSSR count). The Morgan fingerprint density at radius 2 is 1.80 bits per heavy atom. The van der Waals surface area contributed by atoms with E-state index in [0.29, 0.717) is 0 Å². The van der Waals surface area contributed by atoms with Crippen LogP contribution in [-0.2, 0) is 0 Å². The highest BCUT2D eigenvalue weighted by Gasteiger charge is 2.31. The van der Waals surface area contributed by atoms with Crippen LogP contribution in [0.25, 0.3) is 5.82 Å². The quantitative estimate of drug-likeness (QED) is 0.472. The number of hydrogen-bond acceptors (Lipinski definition) is 7. The molecule has 3 aromatic rings. The van der Waals surface area contributed by atoms with Gasteiger partial charge >= 0.3 is 6.36 Å². The van der Waals surface area contributed by atoms with Gasteiger partial charge in [0.1, 0.15) is 24.1 Å². The van der Waals surface area contributed by atoms with Gasteiger partial charge in [0, 0.05) is 29.2 Å². The maximum Gasteiger partial charge on any atom is 0.573 e. The first kappa shape index (κ1) is 26.1. The van der Waals surface area contributed by atoms with Crippen LogP contribution in [-0.4, -0.2) is 60.9 Å². The van der Waals surface area contributed by atoms with Crippen LogP contribution in [0.4, 0.5) is 13.2 Å². The molecule has 0 unspecified atom stereocenters. The van der Waals surface area contributed by atoms with Crippen LogP contribution in [0.1, 0.15) is 53.5 Å². The number of rotatable bonds is 7. The largest absolute Gasteiger partial charge is 0.573 e. The van der Waals surface area contributed by atoms with E-state index in [1.807, 2.05) is 13.8 Å². The predicted octanol–water partition coefficient (Wildman–Crippen LogP) is 3.69. The van der Waals surface area contributed by atoms with Gasteiger partial charge in [-0.15, -0.1) is 13.2 Å².